The number of nitrogens with one attached hydrogen (secondary N) is 5. The maximum atomic E-state index is 13.3. The van der Waals surface area contributed by atoms with Gasteiger partial charge in [-0.2, -0.15) is 0 Å². The van der Waals surface area contributed by atoms with E-state index in [1.165, 1.54) is 38.5 Å². The monoisotopic (exact) mass is 1500 g/mol. The van der Waals surface area contributed by atoms with Crippen molar-refractivity contribution in [3.05, 3.63) is 203 Å². The van der Waals surface area contributed by atoms with Gasteiger partial charge >= 0.3 is 6.03 Å². The maximum Gasteiger partial charge on any atom is 0.327 e. The van der Waals surface area contributed by atoms with Crippen molar-refractivity contribution in [3.8, 4) is 102 Å². The van der Waals surface area contributed by atoms with Crippen LogP contribution in [-0.2, 0) is 32.9 Å². The number of amides is 1. The number of phenols is 3. The molecule has 1 aliphatic carbocycles. The molecule has 23 nitrogen and oxygen atoms in total. The van der Waals surface area contributed by atoms with Crippen molar-refractivity contribution < 1.29 is 51.2 Å². The molecular weight excluding hydrogens is 1410 g/mol. The number of hydrogen-bond donors (Lipinski definition) is 8. The molecular formula is C83H96N12O11S2. The van der Waals surface area contributed by atoms with E-state index in [4.69, 9.17) is 29.2 Å². The minimum atomic E-state index is -3.78. The fourth-order valence-electron chi connectivity index (χ4n) is 13.0. The van der Waals surface area contributed by atoms with Gasteiger partial charge in [0.2, 0.25) is 25.8 Å². The molecule has 3 heterocycles. The second-order valence-corrected chi connectivity index (χ2v) is 30.9. The topological polar surface area (TPSA) is 295 Å². The average Bonchev–Trinajstić information content (AvgIpc) is 1.60. The number of carbonyl (C=O) groups excluding carboxylic acids is 1. The number of nitrogens with zero attached hydrogens (tertiary/aromatic N) is 7. The zero-order chi connectivity index (χ0) is 77.9. The SMILES string of the molecule is CNC(=O)n1c(-c2cc(OC)c(O)c(OC)c2)nc(C2CCCCC2)c1-c1ccc(OC)cc1.Cc1cc(-c2nc(-c3ccc(N(C)C)cc3)c(/C=C/c3ccc(N(C)C)cc3)[nH]2)cc(C)c1O.Cc1cc(N(C)C)ccc1-c1nc(-c2cc(NS(C)(=O)=O)c(O)c(NS(C)(=O)=O)c2)[nH]c1CCc1ccccc1. The molecule has 12 rings (SSSR count). The van der Waals surface area contributed by atoms with Gasteiger partial charge in [-0.25, -0.2) is 41.1 Å². The minimum absolute atomic E-state index is 0.102. The van der Waals surface area contributed by atoms with Gasteiger partial charge in [0.25, 0.3) is 0 Å². The van der Waals surface area contributed by atoms with Gasteiger partial charge in [0.05, 0.1) is 73.7 Å². The molecule has 8 N–H and O–H groups in total. The number of benzene rings is 8. The Balaban J connectivity index is 0.000000174. The van der Waals surface area contributed by atoms with E-state index in [1.54, 1.807) is 30.9 Å². The molecule has 0 spiro atoms. The van der Waals surface area contributed by atoms with Crippen molar-refractivity contribution in [2.45, 2.75) is 71.6 Å². The molecule has 1 fully saturated rings. The number of aryl methyl sites for hydroxylation is 5. The third-order valence-corrected chi connectivity index (χ3v) is 19.8. The summed E-state index contributed by atoms with van der Waals surface area (Å²) < 4.78 is 70.1. The van der Waals surface area contributed by atoms with Crippen LogP contribution in [-0.4, -0.2) is 151 Å². The van der Waals surface area contributed by atoms with E-state index in [0.29, 0.717) is 34.9 Å². The smallest absolute Gasteiger partial charge is 0.327 e. The van der Waals surface area contributed by atoms with Gasteiger partial charge in [0.1, 0.15) is 29.0 Å². The van der Waals surface area contributed by atoms with E-state index >= 15 is 0 Å². The largest absolute Gasteiger partial charge is 0.507 e. The van der Waals surface area contributed by atoms with Crippen molar-refractivity contribution in [3.63, 3.8) is 0 Å². The Hall–Kier alpha value is -11.7. The number of carbonyl (C=O) groups is 1. The van der Waals surface area contributed by atoms with Crippen LogP contribution in [0.4, 0.5) is 33.2 Å². The third kappa shape index (κ3) is 19.1. The highest BCUT2D eigenvalue weighted by molar-refractivity contribution is 7.92. The molecule has 0 radical (unpaired) electrons. The molecule has 3 aromatic heterocycles. The predicted octanol–water partition coefficient (Wildman–Crippen LogP) is 15.9. The Morgan fingerprint density at radius 3 is 1.60 bits per heavy atom. The van der Waals surface area contributed by atoms with E-state index in [9.17, 15) is 36.9 Å². The molecule has 0 bridgehead atoms. The summed E-state index contributed by atoms with van der Waals surface area (Å²) in [5, 5.41) is 34.0. The molecule has 11 aromatic rings. The third-order valence-electron chi connectivity index (χ3n) is 18.7. The molecule has 0 aliphatic heterocycles. The molecule has 1 saturated carbocycles. The van der Waals surface area contributed by atoms with Crippen molar-refractivity contribution in [1.29, 1.82) is 0 Å². The molecule has 1 amide bonds. The molecule has 0 atom stereocenters. The molecule has 8 aromatic carbocycles. The molecule has 25 heteroatoms. The Morgan fingerprint density at radius 2 is 1.07 bits per heavy atom. The number of imidazole rings is 3. The Morgan fingerprint density at radius 1 is 0.546 bits per heavy atom. The molecule has 1 aliphatic rings. The standard InChI is InChI=1S/C29H32N4O.C28H33N5O5S2.C26H31N3O5/c1-19-17-23(18-20(2)28(19)34)29-30-26(16-9-21-7-12-24(13-8-21)32(3)4)27(31-29)22-10-14-25(15-11-22)33(5)6;1-18-15-21(33(2)3)12-13-22(18)26-23(14-11-19-9-7-6-8-10-19)29-28(30-26)20-16-24(31-39(4,35)36)27(34)25(17-20)32-40(5,37)38;1-27-26(31)29-23(17-10-12-19(32-2)13-11-17)22(16-8-6-5-7-9-16)28-25(29)18-14-20(33-3)24(30)21(15-18)34-4/h7-18,34H,1-6H3,(H,30,31);6-10,12-13,15-17,31-32,34H,11,14H2,1-5H3,(H,29,30);10-16,30H,5-9H2,1-4H3,(H,27,31)/b16-9+;;. The van der Waals surface area contributed by atoms with Crippen LogP contribution in [0, 0.1) is 20.8 Å². The molecule has 0 saturated heterocycles. The lowest BCUT2D eigenvalue weighted by Crippen LogP contribution is -2.26. The van der Waals surface area contributed by atoms with Crippen molar-refractivity contribution in [2.75, 3.05) is 107 Å². The summed E-state index contributed by atoms with van der Waals surface area (Å²) in [6.07, 6.45) is 13.0. The number of hydrogen-bond acceptors (Lipinski definition) is 17. The Kier molecular flexibility index (Phi) is 25.0. The van der Waals surface area contributed by atoms with Crippen LogP contribution < -0.4 is 43.7 Å². The summed E-state index contributed by atoms with van der Waals surface area (Å²) in [7, 11) is 10.7. The molecule has 566 valence electrons. The zero-order valence-corrected chi connectivity index (χ0v) is 65.4. The van der Waals surface area contributed by atoms with Gasteiger partial charge in [-0.05, 0) is 177 Å². The first-order valence-corrected chi connectivity index (χ1v) is 39.1. The summed E-state index contributed by atoms with van der Waals surface area (Å²) >= 11 is 0. The molecule has 108 heavy (non-hydrogen) atoms. The number of aromatic amines is 2. The summed E-state index contributed by atoms with van der Waals surface area (Å²) in [5.74, 6) is 2.78. The highest BCUT2D eigenvalue weighted by atomic mass is 32.2. The van der Waals surface area contributed by atoms with Crippen LogP contribution in [0.2, 0.25) is 0 Å². The number of methoxy groups -OCH3 is 3. The second-order valence-electron chi connectivity index (χ2n) is 27.4. The first-order chi connectivity index (χ1) is 51.4. The first-order valence-electron chi connectivity index (χ1n) is 35.3. The zero-order valence-electron chi connectivity index (χ0n) is 63.7. The lowest BCUT2D eigenvalue weighted by molar-refractivity contribution is 0.245. The van der Waals surface area contributed by atoms with Crippen molar-refractivity contribution in [2.24, 2.45) is 0 Å². The Bertz CT molecular complexity index is 5160. The summed E-state index contributed by atoms with van der Waals surface area (Å²) in [4.78, 5) is 41.3. The van der Waals surface area contributed by atoms with E-state index in [-0.39, 0.29) is 40.6 Å². The quantitative estimate of drug-likeness (QED) is 0.0293. The Labute approximate surface area is 633 Å². The fraction of sp³-hybridized carbons (Fsp3) is 0.277. The van der Waals surface area contributed by atoms with Crippen LogP contribution in [0.1, 0.15) is 82.9 Å². The van der Waals surface area contributed by atoms with Crippen LogP contribution in [0.3, 0.4) is 0 Å². The van der Waals surface area contributed by atoms with Crippen LogP contribution >= 0.6 is 0 Å². The van der Waals surface area contributed by atoms with Gasteiger partial charge in [-0.3, -0.25) is 9.44 Å². The lowest BCUT2D eigenvalue weighted by atomic mass is 9.85. The van der Waals surface area contributed by atoms with Gasteiger partial charge in [0, 0.05) is 111 Å². The number of rotatable bonds is 22. The van der Waals surface area contributed by atoms with E-state index < -0.39 is 25.8 Å². The highest BCUT2D eigenvalue weighted by Crippen LogP contribution is 2.46. The van der Waals surface area contributed by atoms with E-state index in [2.05, 4.69) is 113 Å². The average molecular weight is 1500 g/mol. The van der Waals surface area contributed by atoms with Crippen LogP contribution in [0.15, 0.2) is 158 Å². The second kappa shape index (κ2) is 34.2. The maximum absolute atomic E-state index is 13.3. The summed E-state index contributed by atoms with van der Waals surface area (Å²) in [5.41, 5.74) is 17.8. The van der Waals surface area contributed by atoms with Gasteiger partial charge in [0.15, 0.2) is 17.2 Å². The first kappa shape index (κ1) is 78.9. The van der Waals surface area contributed by atoms with E-state index in [1.807, 2.05) is 135 Å². The van der Waals surface area contributed by atoms with E-state index in [0.717, 1.165) is 152 Å². The number of sulfonamides is 2. The van der Waals surface area contributed by atoms with Crippen molar-refractivity contribution in [1.82, 2.24) is 34.8 Å². The van der Waals surface area contributed by atoms with Crippen molar-refractivity contribution >= 4 is 66.7 Å². The van der Waals surface area contributed by atoms with Gasteiger partial charge in [-0.1, -0.05) is 86.0 Å². The number of H-pyrrole nitrogens is 2. The minimum Gasteiger partial charge on any atom is -0.507 e. The van der Waals surface area contributed by atoms with Crippen LogP contribution in [0.25, 0.3) is 80.1 Å². The van der Waals surface area contributed by atoms with Gasteiger partial charge in [-0.15, -0.1) is 0 Å². The predicted molar refractivity (Wildman–Crippen MR) is 436 cm³/mol. The number of anilines is 5. The number of ether oxygens (including phenoxy) is 3. The molecule has 0 unspecified atom stereocenters. The number of aromatic nitrogens is 6. The highest BCUT2D eigenvalue weighted by Gasteiger charge is 2.31. The summed E-state index contributed by atoms with van der Waals surface area (Å²) in [6, 6.07) is 50.5. The van der Waals surface area contributed by atoms with Crippen LogP contribution in [0.5, 0.6) is 34.5 Å². The normalized spacial score (nSPS) is 12.3. The lowest BCUT2D eigenvalue weighted by Gasteiger charge is -2.21. The number of aromatic hydroxyl groups is 3. The number of phenolic OH excluding ortho intramolecular Hbond substituents is 3. The fourth-order valence-corrected chi connectivity index (χ4v) is 14.1. The summed E-state index contributed by atoms with van der Waals surface area (Å²) in [6.45, 7) is 5.84. The van der Waals surface area contributed by atoms with Gasteiger partial charge < -0.3 is 59.5 Å².